The molecule has 0 spiro atoms. The van der Waals surface area contributed by atoms with E-state index in [4.69, 9.17) is 4.52 Å². The smallest absolute Gasteiger partial charge is 0.258 e. The van der Waals surface area contributed by atoms with Crippen LogP contribution < -0.4 is 0 Å². The number of piperazine rings is 1. The summed E-state index contributed by atoms with van der Waals surface area (Å²) in [4.78, 5) is 8.97. The van der Waals surface area contributed by atoms with Crippen LogP contribution in [0.3, 0.4) is 0 Å². The van der Waals surface area contributed by atoms with Crippen LogP contribution in [0.15, 0.2) is 28.8 Å². The average Bonchev–Trinajstić information content (AvgIpc) is 2.91. The van der Waals surface area contributed by atoms with E-state index in [-0.39, 0.29) is 11.8 Å². The number of likely N-dealkylation sites (N-methyl/N-ethyl adjacent to an activating group) is 2. The molecule has 0 aliphatic carbocycles. The number of phenolic OH excluding ortho intramolecular Hbond substituents is 1. The minimum atomic E-state index is 0.142. The van der Waals surface area contributed by atoms with Crippen molar-refractivity contribution in [2.75, 3.05) is 33.7 Å². The predicted molar refractivity (Wildman–Crippen MR) is 74.3 cm³/mol. The minimum absolute atomic E-state index is 0.142. The van der Waals surface area contributed by atoms with Crippen LogP contribution >= 0.6 is 0 Å². The van der Waals surface area contributed by atoms with E-state index in [2.05, 4.69) is 34.0 Å². The summed E-state index contributed by atoms with van der Waals surface area (Å²) >= 11 is 0. The summed E-state index contributed by atoms with van der Waals surface area (Å²) in [6.07, 6.45) is 0. The van der Waals surface area contributed by atoms with Gasteiger partial charge in [0.15, 0.2) is 5.82 Å². The highest BCUT2D eigenvalue weighted by Crippen LogP contribution is 2.25. The van der Waals surface area contributed by atoms with Gasteiger partial charge in [-0.25, -0.2) is 0 Å². The zero-order valence-electron chi connectivity index (χ0n) is 11.7. The molecule has 106 valence electrons. The Balaban J connectivity index is 1.86. The third-order valence-corrected chi connectivity index (χ3v) is 3.68. The Morgan fingerprint density at radius 1 is 1.30 bits per heavy atom. The summed E-state index contributed by atoms with van der Waals surface area (Å²) in [5.74, 6) is 1.33. The molecule has 0 amide bonds. The van der Waals surface area contributed by atoms with Gasteiger partial charge >= 0.3 is 0 Å². The molecule has 1 saturated heterocycles. The maximum absolute atomic E-state index is 9.50. The Kier molecular flexibility index (Phi) is 3.42. The molecule has 1 aromatic heterocycles. The number of aromatic nitrogens is 2. The van der Waals surface area contributed by atoms with Gasteiger partial charge in [-0.1, -0.05) is 11.2 Å². The normalized spacial score (nSPS) is 21.2. The molecule has 2 aromatic rings. The first-order valence-corrected chi connectivity index (χ1v) is 6.65. The van der Waals surface area contributed by atoms with Crippen LogP contribution in [-0.2, 0) is 0 Å². The molecular weight excluding hydrogens is 256 g/mol. The highest BCUT2D eigenvalue weighted by Gasteiger charge is 2.28. The molecule has 6 nitrogen and oxygen atoms in total. The van der Waals surface area contributed by atoms with Crippen molar-refractivity contribution in [1.29, 1.82) is 0 Å². The average molecular weight is 274 g/mol. The van der Waals surface area contributed by atoms with Gasteiger partial charge in [-0.2, -0.15) is 4.98 Å². The van der Waals surface area contributed by atoms with Crippen molar-refractivity contribution in [3.8, 4) is 17.2 Å². The Hall–Kier alpha value is -1.92. The highest BCUT2D eigenvalue weighted by atomic mass is 16.5. The number of hydrogen-bond acceptors (Lipinski definition) is 6. The summed E-state index contributed by atoms with van der Waals surface area (Å²) in [7, 11) is 4.16. The minimum Gasteiger partial charge on any atom is -0.508 e. The summed E-state index contributed by atoms with van der Waals surface area (Å²) < 4.78 is 5.33. The molecule has 1 N–H and O–H groups in total. The fraction of sp³-hybridized carbons (Fsp3) is 0.429. The van der Waals surface area contributed by atoms with Crippen molar-refractivity contribution in [3.63, 3.8) is 0 Å². The molecule has 1 aliphatic heterocycles. The van der Waals surface area contributed by atoms with Crippen LogP contribution in [0.5, 0.6) is 5.75 Å². The van der Waals surface area contributed by atoms with Gasteiger partial charge < -0.3 is 14.5 Å². The Labute approximate surface area is 117 Å². The molecule has 3 rings (SSSR count). The molecule has 0 radical (unpaired) electrons. The summed E-state index contributed by atoms with van der Waals surface area (Å²) in [5, 5.41) is 13.6. The lowest BCUT2D eigenvalue weighted by atomic mass is 10.1. The zero-order valence-corrected chi connectivity index (χ0v) is 11.7. The predicted octanol–water partition coefficient (Wildman–Crippen LogP) is 1.36. The van der Waals surface area contributed by atoms with Crippen LogP contribution in [0.4, 0.5) is 0 Å². The molecule has 1 atom stereocenters. The number of hydrogen-bond donors (Lipinski definition) is 1. The number of rotatable bonds is 2. The second-order valence-electron chi connectivity index (χ2n) is 5.27. The zero-order chi connectivity index (χ0) is 14.1. The van der Waals surface area contributed by atoms with Crippen LogP contribution in [-0.4, -0.2) is 58.8 Å². The Bertz CT molecular complexity index is 598. The number of phenols is 1. The van der Waals surface area contributed by atoms with Crippen molar-refractivity contribution in [2.45, 2.75) is 6.04 Å². The summed E-state index contributed by atoms with van der Waals surface area (Å²) in [6.45, 7) is 2.91. The molecule has 1 aromatic carbocycles. The van der Waals surface area contributed by atoms with Crippen molar-refractivity contribution in [2.24, 2.45) is 0 Å². The van der Waals surface area contributed by atoms with Crippen LogP contribution in [0.25, 0.3) is 11.5 Å². The Morgan fingerprint density at radius 2 is 2.15 bits per heavy atom. The van der Waals surface area contributed by atoms with Gasteiger partial charge in [0.2, 0.25) is 0 Å². The van der Waals surface area contributed by atoms with E-state index in [1.807, 2.05) is 6.07 Å². The summed E-state index contributed by atoms with van der Waals surface area (Å²) in [6, 6.07) is 6.98. The van der Waals surface area contributed by atoms with Gasteiger partial charge in [-0.05, 0) is 32.3 Å². The van der Waals surface area contributed by atoms with E-state index < -0.39 is 0 Å². The van der Waals surface area contributed by atoms with E-state index in [0.29, 0.717) is 11.7 Å². The van der Waals surface area contributed by atoms with Gasteiger partial charge in [0.1, 0.15) is 5.75 Å². The van der Waals surface area contributed by atoms with Gasteiger partial charge in [-0.15, -0.1) is 0 Å². The van der Waals surface area contributed by atoms with Gasteiger partial charge in [-0.3, -0.25) is 4.90 Å². The Morgan fingerprint density at radius 3 is 2.95 bits per heavy atom. The topological polar surface area (TPSA) is 65.6 Å². The van der Waals surface area contributed by atoms with Gasteiger partial charge in [0.05, 0.1) is 6.04 Å². The van der Waals surface area contributed by atoms with E-state index in [1.165, 1.54) is 0 Å². The van der Waals surface area contributed by atoms with Crippen LogP contribution in [0.1, 0.15) is 11.9 Å². The van der Waals surface area contributed by atoms with E-state index in [9.17, 15) is 5.11 Å². The highest BCUT2D eigenvalue weighted by molar-refractivity contribution is 5.55. The second kappa shape index (κ2) is 5.22. The lowest BCUT2D eigenvalue weighted by molar-refractivity contribution is 0.108. The van der Waals surface area contributed by atoms with Crippen molar-refractivity contribution >= 4 is 0 Å². The maximum Gasteiger partial charge on any atom is 0.258 e. The molecule has 1 aliphatic rings. The van der Waals surface area contributed by atoms with Crippen molar-refractivity contribution in [1.82, 2.24) is 19.9 Å². The standard InChI is InChI=1S/C14H18N4O2/c1-17-6-7-18(2)12(9-17)13-15-14(20-16-13)10-4-3-5-11(19)8-10/h3-5,8,12,19H,6-7,9H2,1-2H3. The van der Waals surface area contributed by atoms with Gasteiger partial charge in [0, 0.05) is 25.2 Å². The third-order valence-electron chi connectivity index (χ3n) is 3.68. The third kappa shape index (κ3) is 2.52. The fourth-order valence-electron chi connectivity index (χ4n) is 2.42. The van der Waals surface area contributed by atoms with E-state index in [1.54, 1.807) is 18.2 Å². The van der Waals surface area contributed by atoms with Crippen molar-refractivity contribution in [3.05, 3.63) is 30.1 Å². The lowest BCUT2D eigenvalue weighted by Gasteiger charge is -2.35. The van der Waals surface area contributed by atoms with E-state index >= 15 is 0 Å². The summed E-state index contributed by atoms with van der Waals surface area (Å²) in [5.41, 5.74) is 0.732. The van der Waals surface area contributed by atoms with E-state index in [0.717, 1.165) is 25.2 Å². The maximum atomic E-state index is 9.50. The largest absolute Gasteiger partial charge is 0.508 e. The lowest BCUT2D eigenvalue weighted by Crippen LogP contribution is -2.45. The molecule has 1 unspecified atom stereocenters. The first-order chi connectivity index (χ1) is 9.63. The van der Waals surface area contributed by atoms with Crippen LogP contribution in [0.2, 0.25) is 0 Å². The molecule has 2 heterocycles. The first-order valence-electron chi connectivity index (χ1n) is 6.65. The molecular formula is C14H18N4O2. The molecule has 1 fully saturated rings. The van der Waals surface area contributed by atoms with Crippen LogP contribution in [0, 0.1) is 0 Å². The molecule has 20 heavy (non-hydrogen) atoms. The number of benzene rings is 1. The molecule has 0 saturated carbocycles. The number of aromatic hydroxyl groups is 1. The quantitative estimate of drug-likeness (QED) is 0.892. The number of nitrogens with zero attached hydrogens (tertiary/aromatic N) is 4. The molecule has 0 bridgehead atoms. The monoisotopic (exact) mass is 274 g/mol. The van der Waals surface area contributed by atoms with Crippen molar-refractivity contribution < 1.29 is 9.63 Å². The SMILES string of the molecule is CN1CCN(C)C(c2noc(-c3cccc(O)c3)n2)C1. The first kappa shape index (κ1) is 13.1. The molecule has 6 heteroatoms. The van der Waals surface area contributed by atoms with Gasteiger partial charge in [0.25, 0.3) is 5.89 Å². The fourth-order valence-corrected chi connectivity index (χ4v) is 2.42. The second-order valence-corrected chi connectivity index (χ2v) is 5.27.